The minimum atomic E-state index is -2.91. The minimum absolute atomic E-state index is 0.0340. The van der Waals surface area contributed by atoms with E-state index >= 15 is 0 Å². The van der Waals surface area contributed by atoms with Crippen molar-refractivity contribution in [2.24, 2.45) is 4.99 Å². The van der Waals surface area contributed by atoms with Gasteiger partial charge in [0.25, 0.3) is 5.56 Å². The van der Waals surface area contributed by atoms with E-state index in [9.17, 15) is 18.4 Å². The molecule has 0 saturated heterocycles. The monoisotopic (exact) mass is 540 g/mol. The highest BCUT2D eigenvalue weighted by Gasteiger charge is 2.34. The van der Waals surface area contributed by atoms with Gasteiger partial charge in [-0.05, 0) is 54.2 Å². The summed E-state index contributed by atoms with van der Waals surface area (Å²) < 4.78 is 36.8. The van der Waals surface area contributed by atoms with E-state index in [2.05, 4.69) is 18.6 Å². The summed E-state index contributed by atoms with van der Waals surface area (Å²) in [7, 11) is 0. The van der Waals surface area contributed by atoms with Crippen LogP contribution in [0.1, 0.15) is 69.2 Å². The number of nitrogens with zero attached hydrogens (tertiary/aromatic N) is 2. The number of ether oxygens (including phenoxy) is 2. The average Bonchev–Trinajstić information content (AvgIpc) is 3.19. The van der Waals surface area contributed by atoms with Gasteiger partial charge in [-0.15, -0.1) is 0 Å². The van der Waals surface area contributed by atoms with E-state index in [4.69, 9.17) is 9.73 Å². The van der Waals surface area contributed by atoms with E-state index in [1.807, 2.05) is 31.2 Å². The van der Waals surface area contributed by atoms with Crippen LogP contribution in [-0.4, -0.2) is 23.8 Å². The number of hydrogen-bond acceptors (Lipinski definition) is 6. The predicted octanol–water partition coefficient (Wildman–Crippen LogP) is 5.30. The number of carbonyl (C=O) groups excluding carboxylic acids is 1. The van der Waals surface area contributed by atoms with Gasteiger partial charge in [-0.25, -0.2) is 9.79 Å². The first-order valence-corrected chi connectivity index (χ1v) is 13.4. The first-order chi connectivity index (χ1) is 18.2. The molecule has 0 radical (unpaired) electrons. The van der Waals surface area contributed by atoms with Crippen LogP contribution in [0.2, 0.25) is 0 Å². The van der Waals surface area contributed by atoms with E-state index in [-0.39, 0.29) is 17.9 Å². The molecule has 0 amide bonds. The zero-order valence-electron chi connectivity index (χ0n) is 21.7. The van der Waals surface area contributed by atoms with Crippen LogP contribution < -0.4 is 19.6 Å². The molecule has 9 heteroatoms. The normalized spacial score (nSPS) is 15.6. The van der Waals surface area contributed by atoms with Gasteiger partial charge in [0, 0.05) is 0 Å². The summed E-state index contributed by atoms with van der Waals surface area (Å²) in [6.07, 6.45) is 3.01. The van der Waals surface area contributed by atoms with Crippen LogP contribution in [0.4, 0.5) is 8.78 Å². The van der Waals surface area contributed by atoms with Gasteiger partial charge in [0.15, 0.2) is 4.80 Å². The Bertz CT molecular complexity index is 1500. The molecule has 1 aromatic heterocycles. The van der Waals surface area contributed by atoms with Crippen molar-refractivity contribution in [2.75, 3.05) is 6.61 Å². The van der Waals surface area contributed by atoms with E-state index < -0.39 is 18.6 Å². The lowest BCUT2D eigenvalue weighted by Crippen LogP contribution is -2.40. The average molecular weight is 541 g/mol. The molecular formula is C29H30F2N2O4S. The van der Waals surface area contributed by atoms with Crippen molar-refractivity contribution in [1.82, 2.24) is 4.57 Å². The van der Waals surface area contributed by atoms with Crippen molar-refractivity contribution in [3.05, 3.63) is 96.2 Å². The highest BCUT2D eigenvalue weighted by atomic mass is 32.1. The minimum Gasteiger partial charge on any atom is -0.463 e. The third kappa shape index (κ3) is 5.78. The number of esters is 1. The molecule has 1 aliphatic rings. The third-order valence-corrected chi connectivity index (χ3v) is 7.20. The van der Waals surface area contributed by atoms with Gasteiger partial charge in [-0.3, -0.25) is 9.36 Å². The van der Waals surface area contributed by atoms with E-state index in [0.29, 0.717) is 38.5 Å². The molecular weight excluding hydrogens is 510 g/mol. The van der Waals surface area contributed by atoms with Crippen LogP contribution in [0.5, 0.6) is 5.75 Å². The molecule has 0 fully saturated rings. The Morgan fingerprint density at radius 1 is 1.11 bits per heavy atom. The molecule has 0 bridgehead atoms. The number of allylic oxidation sites excluding steroid dienone is 1. The van der Waals surface area contributed by atoms with Crippen LogP contribution >= 0.6 is 11.3 Å². The van der Waals surface area contributed by atoms with Crippen LogP contribution in [0.15, 0.2) is 69.6 Å². The molecule has 1 aliphatic heterocycles. The Morgan fingerprint density at radius 2 is 1.79 bits per heavy atom. The lowest BCUT2D eigenvalue weighted by atomic mass is 9.92. The third-order valence-electron chi connectivity index (χ3n) is 6.21. The fourth-order valence-electron chi connectivity index (χ4n) is 4.40. The number of thiazole rings is 1. The van der Waals surface area contributed by atoms with Crippen LogP contribution in [0.25, 0.3) is 6.08 Å². The fourth-order valence-corrected chi connectivity index (χ4v) is 5.42. The van der Waals surface area contributed by atoms with Crippen molar-refractivity contribution >= 4 is 23.4 Å². The summed E-state index contributed by atoms with van der Waals surface area (Å²) in [6, 6.07) is 13.3. The molecule has 0 unspecified atom stereocenters. The number of halogens is 2. The summed E-state index contributed by atoms with van der Waals surface area (Å²) in [6.45, 7) is 5.26. The highest BCUT2D eigenvalue weighted by molar-refractivity contribution is 7.07. The molecule has 3 aromatic rings. The topological polar surface area (TPSA) is 69.9 Å². The number of fused-ring (bicyclic) bond motifs is 1. The second-order valence-electron chi connectivity index (χ2n) is 9.18. The molecule has 6 nitrogen and oxygen atoms in total. The highest BCUT2D eigenvalue weighted by Crippen LogP contribution is 2.33. The quantitative estimate of drug-likeness (QED) is 0.345. The summed E-state index contributed by atoms with van der Waals surface area (Å²) in [5.74, 6) is -0.118. The first kappa shape index (κ1) is 27.4. The Morgan fingerprint density at radius 3 is 2.37 bits per heavy atom. The van der Waals surface area contributed by atoms with Gasteiger partial charge < -0.3 is 9.47 Å². The molecule has 0 aliphatic carbocycles. The van der Waals surface area contributed by atoms with Crippen molar-refractivity contribution in [2.45, 2.75) is 59.1 Å². The molecule has 4 rings (SSSR count). The molecule has 38 heavy (non-hydrogen) atoms. The standard InChI is InChI=1S/C29H30F2N2O4S/c1-5-7-22-24(27(35)36-6-2)25(20-12-10-19(11-13-20)17(3)4)33-26(34)23(38-29(33)32-22)16-18-8-14-21(15-9-18)37-28(30)31/h8-17,25,28H,5-7H2,1-4H3/b23-16+/t25-/m1/s1. The summed E-state index contributed by atoms with van der Waals surface area (Å²) in [5, 5.41) is 0. The van der Waals surface area contributed by atoms with Gasteiger partial charge >= 0.3 is 12.6 Å². The van der Waals surface area contributed by atoms with Crippen molar-refractivity contribution in [3.8, 4) is 5.75 Å². The van der Waals surface area contributed by atoms with Crippen molar-refractivity contribution < 1.29 is 23.0 Å². The van der Waals surface area contributed by atoms with Gasteiger partial charge in [0.2, 0.25) is 0 Å². The molecule has 2 heterocycles. The van der Waals surface area contributed by atoms with Crippen LogP contribution in [0.3, 0.4) is 0 Å². The zero-order chi connectivity index (χ0) is 27.4. The maximum absolute atomic E-state index is 13.8. The van der Waals surface area contributed by atoms with Gasteiger partial charge in [-0.2, -0.15) is 8.78 Å². The predicted molar refractivity (Wildman–Crippen MR) is 143 cm³/mol. The van der Waals surface area contributed by atoms with Gasteiger partial charge in [0.1, 0.15) is 5.75 Å². The number of benzene rings is 2. The second-order valence-corrected chi connectivity index (χ2v) is 10.2. The molecule has 1 atom stereocenters. The van der Waals surface area contributed by atoms with Crippen molar-refractivity contribution in [3.63, 3.8) is 0 Å². The number of alkyl halides is 2. The molecule has 2 aromatic carbocycles. The first-order valence-electron chi connectivity index (χ1n) is 12.6. The lowest BCUT2D eigenvalue weighted by Gasteiger charge is -2.26. The SMILES string of the molecule is CCCC1=C(C(=O)OCC)[C@@H](c2ccc(C(C)C)cc2)n2c(s/c(=C/c3ccc(OC(F)F)cc3)c2=O)=N1. The van der Waals surface area contributed by atoms with Crippen LogP contribution in [-0.2, 0) is 9.53 Å². The maximum atomic E-state index is 13.8. The van der Waals surface area contributed by atoms with E-state index in [0.717, 1.165) is 17.5 Å². The molecule has 0 N–H and O–H groups in total. The smallest absolute Gasteiger partial charge is 0.387 e. The number of aromatic nitrogens is 1. The van der Waals surface area contributed by atoms with Crippen LogP contribution in [0, 0.1) is 0 Å². The Labute approximate surface area is 223 Å². The summed E-state index contributed by atoms with van der Waals surface area (Å²) >= 11 is 1.23. The Kier molecular flexibility index (Phi) is 8.56. The lowest BCUT2D eigenvalue weighted by molar-refractivity contribution is -0.139. The van der Waals surface area contributed by atoms with E-state index in [1.54, 1.807) is 29.7 Å². The molecule has 200 valence electrons. The molecule has 0 saturated carbocycles. The van der Waals surface area contributed by atoms with Crippen molar-refractivity contribution in [1.29, 1.82) is 0 Å². The van der Waals surface area contributed by atoms with Gasteiger partial charge in [0.05, 0.1) is 28.5 Å². The molecule has 0 spiro atoms. The van der Waals surface area contributed by atoms with E-state index in [1.165, 1.54) is 23.5 Å². The number of hydrogen-bond donors (Lipinski definition) is 0. The zero-order valence-corrected chi connectivity index (χ0v) is 22.6. The fraction of sp³-hybridized carbons (Fsp3) is 0.345. The number of carbonyl (C=O) groups is 1. The maximum Gasteiger partial charge on any atom is 0.387 e. The largest absolute Gasteiger partial charge is 0.463 e. The Balaban J connectivity index is 1.89. The Hall–Kier alpha value is -3.59. The van der Waals surface area contributed by atoms with Gasteiger partial charge in [-0.1, -0.05) is 74.9 Å². The second kappa shape index (κ2) is 11.9. The summed E-state index contributed by atoms with van der Waals surface area (Å²) in [5.41, 5.74) is 3.28. The summed E-state index contributed by atoms with van der Waals surface area (Å²) in [4.78, 5) is 32.2. The number of rotatable bonds is 9.